The standard InChI is InChI=1S/C17H29N3/c1-13(2)11-20(14(3)4)12-17-6-5-15(10-19-17)9-18-16-7-8-16/h5-6,10,13-14,16,18H,7-9,11-12H2,1-4H3. The van der Waals surface area contributed by atoms with Gasteiger partial charge in [-0.3, -0.25) is 9.88 Å². The predicted octanol–water partition coefficient (Wildman–Crippen LogP) is 3.20. The number of hydrogen-bond acceptors (Lipinski definition) is 3. The molecule has 1 heterocycles. The van der Waals surface area contributed by atoms with Crippen molar-refractivity contribution < 1.29 is 0 Å². The third kappa shape index (κ3) is 5.22. The molecular formula is C17H29N3. The van der Waals surface area contributed by atoms with Crippen LogP contribution in [0.3, 0.4) is 0 Å². The first-order valence-corrected chi connectivity index (χ1v) is 7.96. The minimum atomic E-state index is 0.565. The second-order valence-electron chi connectivity index (χ2n) is 6.73. The zero-order chi connectivity index (χ0) is 14.5. The predicted molar refractivity (Wildman–Crippen MR) is 84.5 cm³/mol. The van der Waals surface area contributed by atoms with Gasteiger partial charge >= 0.3 is 0 Å². The van der Waals surface area contributed by atoms with Crippen molar-refractivity contribution in [2.75, 3.05) is 6.54 Å². The lowest BCUT2D eigenvalue weighted by atomic mass is 10.1. The Hall–Kier alpha value is -0.930. The third-order valence-electron chi connectivity index (χ3n) is 3.75. The Balaban J connectivity index is 1.86. The van der Waals surface area contributed by atoms with Gasteiger partial charge in [-0.1, -0.05) is 19.9 Å². The van der Waals surface area contributed by atoms with Gasteiger partial charge in [0, 0.05) is 37.9 Å². The Bertz CT molecular complexity index is 393. The number of pyridine rings is 1. The van der Waals surface area contributed by atoms with Crippen molar-refractivity contribution in [1.82, 2.24) is 15.2 Å². The molecule has 0 radical (unpaired) electrons. The van der Waals surface area contributed by atoms with Crippen LogP contribution < -0.4 is 5.32 Å². The maximum absolute atomic E-state index is 4.62. The Kier molecular flexibility index (Phi) is 5.55. The zero-order valence-corrected chi connectivity index (χ0v) is 13.4. The Labute approximate surface area is 123 Å². The third-order valence-corrected chi connectivity index (χ3v) is 3.75. The first-order valence-electron chi connectivity index (χ1n) is 7.96. The number of hydrogen-bond donors (Lipinski definition) is 1. The SMILES string of the molecule is CC(C)CN(Cc1ccc(CNC2CC2)cn1)C(C)C. The Morgan fingerprint density at radius 1 is 1.25 bits per heavy atom. The molecule has 0 unspecified atom stereocenters. The number of rotatable bonds is 8. The van der Waals surface area contributed by atoms with Crippen LogP contribution in [0.25, 0.3) is 0 Å². The smallest absolute Gasteiger partial charge is 0.0544 e. The molecule has 20 heavy (non-hydrogen) atoms. The molecular weight excluding hydrogens is 246 g/mol. The summed E-state index contributed by atoms with van der Waals surface area (Å²) in [5.74, 6) is 0.694. The van der Waals surface area contributed by atoms with Crippen molar-refractivity contribution in [2.45, 2.75) is 65.7 Å². The van der Waals surface area contributed by atoms with E-state index in [4.69, 9.17) is 0 Å². The van der Waals surface area contributed by atoms with E-state index in [2.05, 4.69) is 55.0 Å². The molecule has 3 heteroatoms. The first-order chi connectivity index (χ1) is 9.54. The molecule has 1 fully saturated rings. The number of nitrogens with zero attached hydrogens (tertiary/aromatic N) is 2. The summed E-state index contributed by atoms with van der Waals surface area (Å²) in [5.41, 5.74) is 2.47. The maximum Gasteiger partial charge on any atom is 0.0544 e. The first kappa shape index (κ1) is 15.5. The van der Waals surface area contributed by atoms with Gasteiger partial charge in [0.15, 0.2) is 0 Å². The van der Waals surface area contributed by atoms with Crippen molar-refractivity contribution in [3.8, 4) is 0 Å². The van der Waals surface area contributed by atoms with E-state index in [-0.39, 0.29) is 0 Å². The second kappa shape index (κ2) is 7.19. The molecule has 3 nitrogen and oxygen atoms in total. The van der Waals surface area contributed by atoms with E-state index < -0.39 is 0 Å². The van der Waals surface area contributed by atoms with Crippen molar-refractivity contribution in [1.29, 1.82) is 0 Å². The number of nitrogens with one attached hydrogen (secondary N) is 1. The molecule has 1 aliphatic carbocycles. The highest BCUT2D eigenvalue weighted by molar-refractivity contribution is 5.14. The van der Waals surface area contributed by atoms with Crippen LogP contribution in [0.5, 0.6) is 0 Å². The van der Waals surface area contributed by atoms with Gasteiger partial charge in [0.1, 0.15) is 0 Å². The topological polar surface area (TPSA) is 28.2 Å². The van der Waals surface area contributed by atoms with Gasteiger partial charge in [0.05, 0.1) is 5.69 Å². The molecule has 1 N–H and O–H groups in total. The fourth-order valence-electron chi connectivity index (χ4n) is 2.34. The van der Waals surface area contributed by atoms with E-state index in [9.17, 15) is 0 Å². The summed E-state index contributed by atoms with van der Waals surface area (Å²) in [5, 5.41) is 3.53. The highest BCUT2D eigenvalue weighted by Crippen LogP contribution is 2.19. The molecule has 0 atom stereocenters. The molecule has 0 bridgehead atoms. The summed E-state index contributed by atoms with van der Waals surface area (Å²) in [7, 11) is 0. The summed E-state index contributed by atoms with van der Waals surface area (Å²) in [6.45, 7) is 12.1. The largest absolute Gasteiger partial charge is 0.310 e. The molecule has 1 aliphatic rings. The summed E-state index contributed by atoms with van der Waals surface area (Å²) in [4.78, 5) is 7.12. The summed E-state index contributed by atoms with van der Waals surface area (Å²) < 4.78 is 0. The van der Waals surface area contributed by atoms with Crippen LogP contribution in [0.4, 0.5) is 0 Å². The van der Waals surface area contributed by atoms with Crippen LogP contribution in [0.2, 0.25) is 0 Å². The van der Waals surface area contributed by atoms with Gasteiger partial charge in [-0.2, -0.15) is 0 Å². The summed E-state index contributed by atoms with van der Waals surface area (Å²) >= 11 is 0. The lowest BCUT2D eigenvalue weighted by Gasteiger charge is -2.27. The van der Waals surface area contributed by atoms with E-state index in [1.54, 1.807) is 0 Å². The molecule has 0 aliphatic heterocycles. The van der Waals surface area contributed by atoms with Gasteiger partial charge < -0.3 is 5.32 Å². The van der Waals surface area contributed by atoms with Crippen LogP contribution in [0.1, 0.15) is 51.8 Å². The maximum atomic E-state index is 4.62. The van der Waals surface area contributed by atoms with E-state index in [0.717, 1.165) is 25.7 Å². The van der Waals surface area contributed by atoms with Crippen LogP contribution in [-0.2, 0) is 13.1 Å². The molecule has 0 spiro atoms. The van der Waals surface area contributed by atoms with Crippen molar-refractivity contribution in [3.05, 3.63) is 29.6 Å². The van der Waals surface area contributed by atoms with Crippen molar-refractivity contribution in [3.63, 3.8) is 0 Å². The second-order valence-corrected chi connectivity index (χ2v) is 6.73. The molecule has 1 saturated carbocycles. The Morgan fingerprint density at radius 2 is 2.00 bits per heavy atom. The fraction of sp³-hybridized carbons (Fsp3) is 0.706. The monoisotopic (exact) mass is 275 g/mol. The van der Waals surface area contributed by atoms with Crippen LogP contribution in [0.15, 0.2) is 18.3 Å². The van der Waals surface area contributed by atoms with Crippen molar-refractivity contribution in [2.24, 2.45) is 5.92 Å². The molecule has 2 rings (SSSR count). The molecule has 0 saturated heterocycles. The highest BCUT2D eigenvalue weighted by atomic mass is 15.2. The Morgan fingerprint density at radius 3 is 2.50 bits per heavy atom. The van der Waals surface area contributed by atoms with Crippen LogP contribution >= 0.6 is 0 Å². The fourth-order valence-corrected chi connectivity index (χ4v) is 2.34. The highest BCUT2D eigenvalue weighted by Gasteiger charge is 2.20. The van der Waals surface area contributed by atoms with E-state index >= 15 is 0 Å². The average molecular weight is 275 g/mol. The molecule has 1 aromatic rings. The van der Waals surface area contributed by atoms with E-state index in [1.165, 1.54) is 24.1 Å². The number of aromatic nitrogens is 1. The lowest BCUT2D eigenvalue weighted by Crippen LogP contribution is -2.33. The van der Waals surface area contributed by atoms with Gasteiger partial charge in [-0.15, -0.1) is 0 Å². The molecule has 112 valence electrons. The molecule has 1 aromatic heterocycles. The average Bonchev–Trinajstić information content (AvgIpc) is 3.20. The normalized spacial score (nSPS) is 15.6. The lowest BCUT2D eigenvalue weighted by molar-refractivity contribution is 0.187. The quantitative estimate of drug-likeness (QED) is 0.789. The van der Waals surface area contributed by atoms with E-state index in [1.807, 2.05) is 6.20 Å². The van der Waals surface area contributed by atoms with E-state index in [0.29, 0.717) is 12.0 Å². The minimum absolute atomic E-state index is 0.565. The van der Waals surface area contributed by atoms with Crippen molar-refractivity contribution >= 4 is 0 Å². The minimum Gasteiger partial charge on any atom is -0.310 e. The summed E-state index contributed by atoms with van der Waals surface area (Å²) in [6, 6.07) is 5.72. The van der Waals surface area contributed by atoms with Gasteiger partial charge in [0.25, 0.3) is 0 Å². The molecule has 0 amide bonds. The summed E-state index contributed by atoms with van der Waals surface area (Å²) in [6.07, 6.45) is 4.70. The molecule has 0 aromatic carbocycles. The van der Waals surface area contributed by atoms with Gasteiger partial charge in [0.2, 0.25) is 0 Å². The van der Waals surface area contributed by atoms with Gasteiger partial charge in [-0.05, 0) is 44.2 Å². The van der Waals surface area contributed by atoms with Crippen LogP contribution in [0, 0.1) is 5.92 Å². The van der Waals surface area contributed by atoms with Crippen LogP contribution in [-0.4, -0.2) is 28.5 Å². The van der Waals surface area contributed by atoms with Gasteiger partial charge in [-0.25, -0.2) is 0 Å². The zero-order valence-electron chi connectivity index (χ0n) is 13.4.